The molecule has 1 heterocycles. The van der Waals surface area contributed by atoms with Crippen LogP contribution in [0.25, 0.3) is 0 Å². The van der Waals surface area contributed by atoms with Gasteiger partial charge in [0.25, 0.3) is 0 Å². The van der Waals surface area contributed by atoms with Gasteiger partial charge in [0.1, 0.15) is 6.10 Å². The number of aliphatic carboxylic acids is 1. The lowest BCUT2D eigenvalue weighted by atomic mass is 9.41. The molecule has 8 fully saturated rings. The van der Waals surface area contributed by atoms with E-state index in [4.69, 9.17) is 25.8 Å². The van der Waals surface area contributed by atoms with Crippen LogP contribution in [0, 0.1) is 46.3 Å². The van der Waals surface area contributed by atoms with E-state index in [1.165, 1.54) is 38.5 Å². The first kappa shape index (κ1) is 33.1. The molecule has 0 spiro atoms. The van der Waals surface area contributed by atoms with Crippen LogP contribution in [0.1, 0.15) is 101 Å². The van der Waals surface area contributed by atoms with Gasteiger partial charge in [0, 0.05) is 28.4 Å². The van der Waals surface area contributed by atoms with Gasteiger partial charge in [0.2, 0.25) is 0 Å². The number of carbonyl (C=O) groups is 2. The third-order valence-corrected chi connectivity index (χ3v) is 14.2. The van der Waals surface area contributed by atoms with Crippen LogP contribution in [-0.2, 0) is 20.7 Å². The summed E-state index contributed by atoms with van der Waals surface area (Å²) >= 11 is 6.10. The maximum Gasteiger partial charge on any atom is 0.453 e. The average Bonchev–Trinajstić information content (AvgIpc) is 3.45. The van der Waals surface area contributed by atoms with E-state index >= 15 is 0 Å². The van der Waals surface area contributed by atoms with Crippen molar-refractivity contribution in [2.24, 2.45) is 46.3 Å². The van der Waals surface area contributed by atoms with Gasteiger partial charge in [-0.1, -0.05) is 29.8 Å². The number of benzene rings is 2. The number of carboxylic acids is 1. The minimum absolute atomic E-state index is 0.0141. The summed E-state index contributed by atoms with van der Waals surface area (Å²) in [5.74, 6) is -0.412. The third-order valence-electron chi connectivity index (χ3n) is 14.0. The summed E-state index contributed by atoms with van der Waals surface area (Å²) in [5, 5.41) is 25.2. The van der Waals surface area contributed by atoms with Gasteiger partial charge in [-0.15, -0.1) is 0 Å². The molecule has 2 aromatic rings. The monoisotopic (exact) mass is 703 g/mol. The fourth-order valence-corrected chi connectivity index (χ4v) is 13.3. The van der Waals surface area contributed by atoms with Gasteiger partial charge < -0.3 is 29.7 Å². The van der Waals surface area contributed by atoms with Crippen LogP contribution < -0.4 is 14.8 Å². The van der Waals surface area contributed by atoms with E-state index in [2.05, 4.69) is 5.32 Å². The highest BCUT2D eigenvalue weighted by atomic mass is 35.5. The molecular weight excluding hydrogens is 654 g/mol. The van der Waals surface area contributed by atoms with Crippen LogP contribution >= 0.6 is 11.6 Å². The predicted octanol–water partition coefficient (Wildman–Crippen LogP) is 7.49. The molecule has 9 aliphatic rings. The van der Waals surface area contributed by atoms with Crippen molar-refractivity contribution in [1.82, 2.24) is 5.32 Å². The normalized spacial score (nSPS) is 38.9. The largest absolute Gasteiger partial charge is 0.475 e. The van der Waals surface area contributed by atoms with E-state index in [1.54, 1.807) is 24.3 Å². The molecule has 3 atom stereocenters. The van der Waals surface area contributed by atoms with E-state index in [9.17, 15) is 19.8 Å². The molecule has 1 aliphatic heterocycles. The maximum atomic E-state index is 14.5. The van der Waals surface area contributed by atoms with E-state index in [-0.39, 0.29) is 34.5 Å². The molecule has 2 aromatic carbocycles. The number of carbonyl (C=O) groups excluding carboxylic acids is 1. The van der Waals surface area contributed by atoms with Crippen molar-refractivity contribution in [2.75, 3.05) is 6.54 Å². The lowest BCUT2D eigenvalue weighted by Crippen LogP contribution is -2.64. The van der Waals surface area contributed by atoms with Gasteiger partial charge in [0.15, 0.2) is 11.5 Å². The number of rotatable bonds is 11. The van der Waals surface area contributed by atoms with Crippen molar-refractivity contribution in [1.29, 1.82) is 0 Å². The van der Waals surface area contributed by atoms with Crippen LogP contribution in [0.3, 0.4) is 0 Å². The quantitative estimate of drug-likeness (QED) is 0.163. The topological polar surface area (TPSA) is 114 Å². The van der Waals surface area contributed by atoms with Crippen molar-refractivity contribution >= 4 is 23.5 Å². The number of ether oxygens (including phenoxy) is 3. The molecule has 8 bridgehead atoms. The molecule has 8 saturated carbocycles. The zero-order valence-electron chi connectivity index (χ0n) is 29.0. The molecule has 11 rings (SSSR count). The summed E-state index contributed by atoms with van der Waals surface area (Å²) in [5.41, 5.74) is 1.46. The van der Waals surface area contributed by atoms with Crippen molar-refractivity contribution in [3.63, 3.8) is 0 Å². The minimum atomic E-state index is -2.57. The molecule has 0 radical (unpaired) electrons. The molecule has 50 heavy (non-hydrogen) atoms. The summed E-state index contributed by atoms with van der Waals surface area (Å²) in [6.07, 6.45) is 13.9. The van der Waals surface area contributed by atoms with Gasteiger partial charge in [-0.05, 0) is 161 Å². The van der Waals surface area contributed by atoms with Crippen molar-refractivity contribution in [2.45, 2.75) is 114 Å². The summed E-state index contributed by atoms with van der Waals surface area (Å²) in [6.45, 7) is 2.36. The maximum absolute atomic E-state index is 14.5. The first-order valence-electron chi connectivity index (χ1n) is 19.1. The lowest BCUT2D eigenvalue weighted by molar-refractivity contribution is -0.242. The number of hydrogen-bond donors (Lipinski definition) is 3. The molecular formula is C41H50ClNO7. The molecule has 0 aromatic heterocycles. The minimum Gasteiger partial charge on any atom is -0.475 e. The Morgan fingerprint density at radius 3 is 1.90 bits per heavy atom. The standard InChI is InChI=1S/C41H50ClNO7/c1-23(43-22-33(44)31-3-2-4-32(42)15-31)7-24-5-6-34-35(14-24)50-41(49-34,37(45)46)38(47)48-36(39-16-25-8-26(17-39)10-27(9-25)18-39)40-19-28-11-29(20-40)13-30(12-28)21-40/h2-6,14-15,23,25-30,33,36,43-44H,7-13,16-22H2,1H3,(H,45,46)/t23-,25?,26?,27?,28?,29?,30?,33?,36?,39?,40?,41?/m1/s1. The Bertz CT molecular complexity index is 1560. The van der Waals surface area contributed by atoms with Crippen molar-refractivity contribution in [3.05, 3.63) is 58.6 Å². The number of fused-ring (bicyclic) bond motifs is 1. The van der Waals surface area contributed by atoms with Crippen LogP contribution in [0.15, 0.2) is 42.5 Å². The second-order valence-electron chi connectivity index (χ2n) is 17.8. The fourth-order valence-electron chi connectivity index (χ4n) is 13.1. The van der Waals surface area contributed by atoms with Crippen LogP contribution in [0.4, 0.5) is 0 Å². The smallest absolute Gasteiger partial charge is 0.453 e. The van der Waals surface area contributed by atoms with Crippen molar-refractivity contribution < 1.29 is 34.0 Å². The molecule has 9 heteroatoms. The fraction of sp³-hybridized carbons (Fsp3) is 0.659. The summed E-state index contributed by atoms with van der Waals surface area (Å²) in [7, 11) is 0. The second kappa shape index (κ2) is 12.1. The highest BCUT2D eigenvalue weighted by molar-refractivity contribution is 6.30. The van der Waals surface area contributed by atoms with Crippen LogP contribution in [-0.4, -0.2) is 46.6 Å². The Labute approximate surface area is 299 Å². The SMILES string of the molecule is C[C@H](Cc1ccc2c(c1)OC(C(=O)O)(C(=O)OC(C13CC4CC(CC(C4)C1)C3)C13CC4CC(CC(C4)C1)C3)O2)NCC(O)c1cccc(Cl)c1. The second-order valence-corrected chi connectivity index (χ2v) is 18.3. The summed E-state index contributed by atoms with van der Waals surface area (Å²) in [4.78, 5) is 27.6. The number of halogens is 1. The van der Waals surface area contributed by atoms with Gasteiger partial charge in [0.05, 0.1) is 6.10 Å². The Balaban J connectivity index is 0.940. The summed E-state index contributed by atoms with van der Waals surface area (Å²) < 4.78 is 18.9. The van der Waals surface area contributed by atoms with Gasteiger partial charge in [-0.3, -0.25) is 0 Å². The number of nitrogens with one attached hydrogen (secondary N) is 1. The zero-order valence-corrected chi connectivity index (χ0v) is 29.7. The van der Waals surface area contributed by atoms with Gasteiger partial charge >= 0.3 is 17.7 Å². The van der Waals surface area contributed by atoms with Gasteiger partial charge in [-0.2, -0.15) is 0 Å². The third kappa shape index (κ3) is 5.63. The highest BCUT2D eigenvalue weighted by Gasteiger charge is 2.67. The molecule has 3 N–H and O–H groups in total. The highest BCUT2D eigenvalue weighted by Crippen LogP contribution is 2.70. The van der Waals surface area contributed by atoms with E-state index in [0.29, 0.717) is 53.5 Å². The molecule has 2 unspecified atom stereocenters. The number of hydrogen-bond acceptors (Lipinski definition) is 7. The number of esters is 1. The molecule has 0 amide bonds. The number of aliphatic hydroxyl groups is 1. The molecule has 268 valence electrons. The van der Waals surface area contributed by atoms with E-state index in [0.717, 1.165) is 49.7 Å². The Morgan fingerprint density at radius 2 is 1.38 bits per heavy atom. The van der Waals surface area contributed by atoms with E-state index in [1.807, 2.05) is 25.1 Å². The number of carboxylic acid groups (broad SMARTS) is 1. The average molecular weight is 704 g/mol. The summed E-state index contributed by atoms with van der Waals surface area (Å²) in [6, 6.07) is 12.5. The molecule has 8 nitrogen and oxygen atoms in total. The van der Waals surface area contributed by atoms with Crippen LogP contribution in [0.2, 0.25) is 5.02 Å². The first-order valence-corrected chi connectivity index (χ1v) is 19.5. The van der Waals surface area contributed by atoms with Crippen molar-refractivity contribution in [3.8, 4) is 11.5 Å². The first-order chi connectivity index (χ1) is 24.0. The Kier molecular flexibility index (Phi) is 8.02. The van der Waals surface area contributed by atoms with Gasteiger partial charge in [-0.25, -0.2) is 9.59 Å². The molecule has 8 aliphatic carbocycles. The number of aliphatic hydroxyl groups excluding tert-OH is 1. The molecule has 0 saturated heterocycles. The van der Waals surface area contributed by atoms with Crippen LogP contribution in [0.5, 0.6) is 11.5 Å². The Morgan fingerprint density at radius 1 is 0.840 bits per heavy atom. The predicted molar refractivity (Wildman–Crippen MR) is 187 cm³/mol. The lowest BCUT2D eigenvalue weighted by Gasteiger charge is -2.66. The van der Waals surface area contributed by atoms with E-state index < -0.39 is 23.8 Å². The zero-order chi connectivity index (χ0) is 34.4. The Hall–Kier alpha value is -2.81.